The molecule has 0 radical (unpaired) electrons. The van der Waals surface area contributed by atoms with E-state index in [2.05, 4.69) is 125 Å². The number of hydrogen-bond donors (Lipinski definition) is 0. The molecule has 0 amide bonds. The molecule has 0 saturated carbocycles. The minimum atomic E-state index is -0.0678. The van der Waals surface area contributed by atoms with E-state index in [1.54, 1.807) is 0 Å². The lowest BCUT2D eigenvalue weighted by molar-refractivity contribution is 0.652. The molecule has 2 aliphatic rings. The second kappa shape index (κ2) is 6.45. The van der Waals surface area contributed by atoms with Gasteiger partial charge in [0.15, 0.2) is 0 Å². The molecule has 0 spiro atoms. The zero-order valence-corrected chi connectivity index (χ0v) is 22.2. The summed E-state index contributed by atoms with van der Waals surface area (Å²) in [6.07, 6.45) is 0. The fraction of sp³-hybridized carbons (Fsp3) is 0.158. The molecule has 0 unspecified atom stereocenters. The van der Waals surface area contributed by atoms with Crippen molar-refractivity contribution in [1.82, 2.24) is 0 Å². The van der Waals surface area contributed by atoms with Crippen LogP contribution in [0.2, 0.25) is 0 Å². The summed E-state index contributed by atoms with van der Waals surface area (Å²) in [4.78, 5) is 0. The third kappa shape index (κ3) is 2.26. The van der Waals surface area contributed by atoms with Gasteiger partial charge in [0.05, 0.1) is 0 Å². The van der Waals surface area contributed by atoms with E-state index in [1.165, 1.54) is 87.6 Å². The van der Waals surface area contributed by atoms with Crippen LogP contribution in [0.3, 0.4) is 0 Å². The van der Waals surface area contributed by atoms with Gasteiger partial charge in [-0.2, -0.15) is 0 Å². The summed E-state index contributed by atoms with van der Waals surface area (Å²) >= 11 is 0. The predicted octanol–water partition coefficient (Wildman–Crippen LogP) is 10.6. The van der Waals surface area contributed by atoms with Crippen LogP contribution in [0.15, 0.2) is 97.1 Å². The third-order valence-corrected chi connectivity index (χ3v) is 9.97. The van der Waals surface area contributed by atoms with Crippen LogP contribution in [0.4, 0.5) is 0 Å². The number of rotatable bonds is 0. The summed E-state index contributed by atoms with van der Waals surface area (Å²) in [5.41, 5.74) is 11.4. The van der Waals surface area contributed by atoms with Gasteiger partial charge in [0.2, 0.25) is 0 Å². The Hall–Kier alpha value is -4.16. The molecule has 7 aromatic rings. The SMILES string of the molecule is CC1(C)c2cc3c(cc2-c2c1ccc1ccccc21)C(C)(C)c1cc2ccc4cccc5ccc(c1-3)c2c45.[2H][2H]. The maximum atomic E-state index is 5.00. The Morgan fingerprint density at radius 1 is 0.447 bits per heavy atom. The molecule has 0 saturated heterocycles. The van der Waals surface area contributed by atoms with Gasteiger partial charge in [-0.15, -0.1) is 0 Å². The van der Waals surface area contributed by atoms with Crippen molar-refractivity contribution in [2.24, 2.45) is 0 Å². The summed E-state index contributed by atoms with van der Waals surface area (Å²) in [5.74, 6) is 0. The van der Waals surface area contributed by atoms with Crippen LogP contribution in [0.25, 0.3) is 65.3 Å². The molecule has 0 heterocycles. The van der Waals surface area contributed by atoms with E-state index >= 15 is 0 Å². The molecule has 0 bridgehead atoms. The van der Waals surface area contributed by atoms with E-state index in [-0.39, 0.29) is 10.8 Å². The Morgan fingerprint density at radius 3 is 1.79 bits per heavy atom. The molecule has 0 atom stereocenters. The first-order valence-corrected chi connectivity index (χ1v) is 13.8. The van der Waals surface area contributed by atoms with Crippen molar-refractivity contribution in [3.05, 3.63) is 119 Å². The lowest BCUT2D eigenvalue weighted by atomic mass is 9.79. The van der Waals surface area contributed by atoms with E-state index in [4.69, 9.17) is 2.97 Å². The summed E-state index contributed by atoms with van der Waals surface area (Å²) in [5, 5.41) is 10.9. The molecule has 0 nitrogen and oxygen atoms in total. The van der Waals surface area contributed by atoms with Crippen LogP contribution >= 0.6 is 0 Å². The maximum Gasteiger partial charge on any atom is 0.0159 e. The van der Waals surface area contributed by atoms with Crippen LogP contribution in [0.5, 0.6) is 0 Å². The minimum absolute atomic E-state index is 0.0413. The Bertz CT molecular complexity index is 2170. The van der Waals surface area contributed by atoms with Crippen LogP contribution in [-0.4, -0.2) is 0 Å². The number of benzene rings is 7. The zero-order valence-electron chi connectivity index (χ0n) is 24.2. The molecule has 2 aliphatic carbocycles. The van der Waals surface area contributed by atoms with Crippen molar-refractivity contribution in [2.75, 3.05) is 0 Å². The van der Waals surface area contributed by atoms with Gasteiger partial charge in [-0.25, -0.2) is 0 Å². The predicted molar refractivity (Wildman–Crippen MR) is 165 cm³/mol. The second-order valence-electron chi connectivity index (χ2n) is 12.6. The lowest BCUT2D eigenvalue weighted by Crippen LogP contribution is -2.17. The molecule has 0 fully saturated rings. The Morgan fingerprint density at radius 2 is 1.03 bits per heavy atom. The van der Waals surface area contributed by atoms with Gasteiger partial charge < -0.3 is 0 Å². The standard InChI is InChI=1S/C38H28.H2/c1-37(2)29-17-15-21-8-5-6-11-25(21)35(29)27-19-31-28(20-30(27)37)36-26-16-14-23-10-7-9-22-12-13-24(34(26)33(22)23)18-32(36)38(31,3)4;/h5-20H,1-4H3;1H/i;1+1D. The Balaban J connectivity index is 0.00000120. The van der Waals surface area contributed by atoms with Crippen LogP contribution < -0.4 is 0 Å². The van der Waals surface area contributed by atoms with Crippen molar-refractivity contribution in [2.45, 2.75) is 38.5 Å². The van der Waals surface area contributed by atoms with E-state index < -0.39 is 0 Å². The highest BCUT2D eigenvalue weighted by atomic mass is 14.5. The third-order valence-electron chi connectivity index (χ3n) is 9.97. The number of hydrogen-bond acceptors (Lipinski definition) is 0. The van der Waals surface area contributed by atoms with Gasteiger partial charge in [0.25, 0.3) is 0 Å². The van der Waals surface area contributed by atoms with Crippen molar-refractivity contribution >= 4 is 43.1 Å². The highest BCUT2D eigenvalue weighted by Crippen LogP contribution is 2.59. The molecule has 0 aromatic heterocycles. The largest absolute Gasteiger partial charge is 0.0616 e. The van der Waals surface area contributed by atoms with Gasteiger partial charge in [-0.3, -0.25) is 0 Å². The molecule has 0 N–H and O–H groups in total. The smallest absolute Gasteiger partial charge is 0.0159 e. The summed E-state index contributed by atoms with van der Waals surface area (Å²) in [6, 6.07) is 37.2. The van der Waals surface area contributed by atoms with E-state index in [1.807, 2.05) is 0 Å². The first-order chi connectivity index (χ1) is 19.4. The van der Waals surface area contributed by atoms with Crippen molar-refractivity contribution in [1.29, 1.82) is 0 Å². The molecule has 9 rings (SSSR count). The summed E-state index contributed by atoms with van der Waals surface area (Å²) in [6.45, 7) is 9.66. The quantitative estimate of drug-likeness (QED) is 0.186. The van der Waals surface area contributed by atoms with E-state index in [0.717, 1.165) is 0 Å². The van der Waals surface area contributed by atoms with Crippen LogP contribution in [-0.2, 0) is 10.8 Å². The normalized spacial score (nSPS) is 16.5. The monoisotopic (exact) mass is 488 g/mol. The first-order valence-electron chi connectivity index (χ1n) is 14.8. The maximum absolute atomic E-state index is 5.00. The van der Waals surface area contributed by atoms with E-state index in [9.17, 15) is 0 Å². The minimum Gasteiger partial charge on any atom is -0.0616 e. The van der Waals surface area contributed by atoms with Crippen molar-refractivity contribution < 1.29 is 2.97 Å². The summed E-state index contributed by atoms with van der Waals surface area (Å²) < 4.78 is 10.0. The summed E-state index contributed by atoms with van der Waals surface area (Å²) in [7, 11) is 0. The molecule has 0 aliphatic heterocycles. The first kappa shape index (κ1) is 19.9. The van der Waals surface area contributed by atoms with Crippen molar-refractivity contribution in [3.63, 3.8) is 0 Å². The lowest BCUT2D eigenvalue weighted by Gasteiger charge is -2.24. The van der Waals surface area contributed by atoms with Crippen molar-refractivity contribution in [3.8, 4) is 22.3 Å². The average molecular weight is 489 g/mol. The molecule has 7 aromatic carbocycles. The van der Waals surface area contributed by atoms with Gasteiger partial charge >= 0.3 is 0 Å². The molecular formula is C38H30. The average Bonchev–Trinajstić information content (AvgIpc) is 3.35. The molecule has 38 heavy (non-hydrogen) atoms. The zero-order chi connectivity index (χ0) is 27.6. The van der Waals surface area contributed by atoms with Gasteiger partial charge in [-0.05, 0) is 106 Å². The molecule has 0 heteroatoms. The van der Waals surface area contributed by atoms with E-state index in [0.29, 0.717) is 0 Å². The Labute approximate surface area is 226 Å². The highest BCUT2D eigenvalue weighted by Gasteiger charge is 2.42. The number of fused-ring (bicyclic) bond motifs is 9. The van der Waals surface area contributed by atoms with Gasteiger partial charge in [-0.1, -0.05) is 107 Å². The fourth-order valence-corrected chi connectivity index (χ4v) is 8.01. The van der Waals surface area contributed by atoms with Crippen LogP contribution in [0, 0.1) is 0 Å². The highest BCUT2D eigenvalue weighted by molar-refractivity contribution is 6.26. The second-order valence-corrected chi connectivity index (χ2v) is 12.6. The van der Waals surface area contributed by atoms with Gasteiger partial charge in [0, 0.05) is 13.8 Å². The Kier molecular flexibility index (Phi) is 3.38. The van der Waals surface area contributed by atoms with Crippen LogP contribution in [0.1, 0.15) is 52.9 Å². The van der Waals surface area contributed by atoms with Gasteiger partial charge in [0.1, 0.15) is 0 Å². The molecule has 182 valence electrons. The fourth-order valence-electron chi connectivity index (χ4n) is 8.01. The topological polar surface area (TPSA) is 0 Å². The molecular weight excluding hydrogens is 456 g/mol.